The molecule has 5 nitrogen and oxygen atoms in total. The van der Waals surface area contributed by atoms with Crippen LogP contribution in [0.1, 0.15) is 30.3 Å². The van der Waals surface area contributed by atoms with Gasteiger partial charge in [0.2, 0.25) is 0 Å². The van der Waals surface area contributed by atoms with Crippen LogP contribution in [0.3, 0.4) is 0 Å². The van der Waals surface area contributed by atoms with Crippen molar-refractivity contribution >= 4 is 34.1 Å². The average molecular weight is 371 g/mol. The molecule has 0 spiro atoms. The van der Waals surface area contributed by atoms with Crippen molar-refractivity contribution in [3.63, 3.8) is 0 Å². The normalized spacial score (nSPS) is 12.3. The van der Waals surface area contributed by atoms with Crippen molar-refractivity contribution in [2.75, 3.05) is 11.9 Å². The SMILES string of the molecule is Cc1nc(Nc2cccc(Cl)c2C)c2ncc(CC[C@@H](C)CO)cc2n1. The molecule has 0 aliphatic carbocycles. The van der Waals surface area contributed by atoms with Gasteiger partial charge in [-0.1, -0.05) is 24.6 Å². The van der Waals surface area contributed by atoms with Crippen molar-refractivity contribution in [3.05, 3.63) is 52.4 Å². The standard InChI is InChI=1S/C20H23ClN4O/c1-12(11-26)7-8-15-9-18-19(22-10-15)20(24-14(3)23-18)25-17-6-4-5-16(21)13(17)2/h4-6,9-10,12,26H,7-8,11H2,1-3H3,(H,23,24,25)/t12-/m1/s1. The lowest BCUT2D eigenvalue weighted by Gasteiger charge is -2.13. The predicted molar refractivity (Wildman–Crippen MR) is 106 cm³/mol. The van der Waals surface area contributed by atoms with E-state index in [0.717, 1.165) is 40.7 Å². The van der Waals surface area contributed by atoms with E-state index in [1.54, 1.807) is 0 Å². The highest BCUT2D eigenvalue weighted by atomic mass is 35.5. The van der Waals surface area contributed by atoms with Gasteiger partial charge in [0, 0.05) is 23.5 Å². The summed E-state index contributed by atoms with van der Waals surface area (Å²) in [7, 11) is 0. The number of aliphatic hydroxyl groups excluding tert-OH is 1. The number of pyridine rings is 1. The van der Waals surface area contributed by atoms with Crippen LogP contribution in [0.2, 0.25) is 5.02 Å². The Morgan fingerprint density at radius 3 is 2.81 bits per heavy atom. The molecule has 0 bridgehead atoms. The molecular weight excluding hydrogens is 348 g/mol. The predicted octanol–water partition coefficient (Wildman–Crippen LogP) is 4.60. The molecule has 2 aromatic heterocycles. The largest absolute Gasteiger partial charge is 0.396 e. The molecule has 0 amide bonds. The van der Waals surface area contributed by atoms with E-state index in [-0.39, 0.29) is 12.5 Å². The molecule has 0 saturated heterocycles. The minimum absolute atomic E-state index is 0.204. The van der Waals surface area contributed by atoms with Crippen LogP contribution >= 0.6 is 11.6 Å². The number of fused-ring (bicyclic) bond motifs is 1. The van der Waals surface area contributed by atoms with Crippen molar-refractivity contribution in [3.8, 4) is 0 Å². The Hall–Kier alpha value is -2.24. The quantitative estimate of drug-likeness (QED) is 0.663. The van der Waals surface area contributed by atoms with Crippen LogP contribution < -0.4 is 5.32 Å². The number of nitrogens with one attached hydrogen (secondary N) is 1. The number of halogens is 1. The zero-order valence-corrected chi connectivity index (χ0v) is 16.0. The van der Waals surface area contributed by atoms with Gasteiger partial charge in [-0.25, -0.2) is 9.97 Å². The molecule has 2 heterocycles. The highest BCUT2D eigenvalue weighted by Crippen LogP contribution is 2.28. The summed E-state index contributed by atoms with van der Waals surface area (Å²) in [5.41, 5.74) is 4.52. The third-order valence-electron chi connectivity index (χ3n) is 4.46. The second kappa shape index (κ2) is 7.98. The van der Waals surface area contributed by atoms with Gasteiger partial charge in [0.1, 0.15) is 11.3 Å². The number of benzene rings is 1. The van der Waals surface area contributed by atoms with Gasteiger partial charge in [0.25, 0.3) is 0 Å². The van der Waals surface area contributed by atoms with Crippen molar-refractivity contribution < 1.29 is 5.11 Å². The molecule has 2 N–H and O–H groups in total. The summed E-state index contributed by atoms with van der Waals surface area (Å²) in [5, 5.41) is 13.2. The fourth-order valence-corrected chi connectivity index (χ4v) is 2.95. The van der Waals surface area contributed by atoms with Crippen LogP contribution in [0.25, 0.3) is 11.0 Å². The molecule has 3 aromatic rings. The van der Waals surface area contributed by atoms with E-state index in [2.05, 4.69) is 26.3 Å². The van der Waals surface area contributed by atoms with E-state index in [9.17, 15) is 5.11 Å². The number of anilines is 2. The van der Waals surface area contributed by atoms with Gasteiger partial charge in [-0.2, -0.15) is 0 Å². The maximum atomic E-state index is 9.19. The van der Waals surface area contributed by atoms with Crippen molar-refractivity contribution in [2.24, 2.45) is 5.92 Å². The first kappa shape index (κ1) is 18.5. The van der Waals surface area contributed by atoms with E-state index in [1.165, 1.54) is 0 Å². The number of hydrogen-bond donors (Lipinski definition) is 2. The summed E-state index contributed by atoms with van der Waals surface area (Å²) in [5.74, 6) is 1.64. The maximum absolute atomic E-state index is 9.19. The Labute approximate surface area is 158 Å². The Morgan fingerprint density at radius 1 is 1.23 bits per heavy atom. The smallest absolute Gasteiger partial charge is 0.160 e. The van der Waals surface area contributed by atoms with Gasteiger partial charge in [-0.15, -0.1) is 0 Å². The van der Waals surface area contributed by atoms with E-state index in [0.29, 0.717) is 16.7 Å². The highest BCUT2D eigenvalue weighted by molar-refractivity contribution is 6.31. The fraction of sp³-hybridized carbons (Fsp3) is 0.350. The van der Waals surface area contributed by atoms with Crippen LogP contribution in [-0.4, -0.2) is 26.7 Å². The minimum atomic E-state index is 0.204. The van der Waals surface area contributed by atoms with Crippen molar-refractivity contribution in [2.45, 2.75) is 33.6 Å². The number of hydrogen-bond acceptors (Lipinski definition) is 5. The molecule has 6 heteroatoms. The first-order valence-electron chi connectivity index (χ1n) is 8.74. The Bertz CT molecular complexity index is 929. The lowest BCUT2D eigenvalue weighted by molar-refractivity contribution is 0.230. The summed E-state index contributed by atoms with van der Waals surface area (Å²) in [4.78, 5) is 13.7. The van der Waals surface area contributed by atoms with Gasteiger partial charge in [0.05, 0.1) is 5.52 Å². The zero-order valence-electron chi connectivity index (χ0n) is 15.3. The number of aryl methyl sites for hydroxylation is 2. The molecule has 136 valence electrons. The first-order valence-corrected chi connectivity index (χ1v) is 9.12. The fourth-order valence-electron chi connectivity index (χ4n) is 2.78. The van der Waals surface area contributed by atoms with Gasteiger partial charge < -0.3 is 10.4 Å². The topological polar surface area (TPSA) is 70.9 Å². The van der Waals surface area contributed by atoms with E-state index < -0.39 is 0 Å². The summed E-state index contributed by atoms with van der Waals surface area (Å²) in [6, 6.07) is 7.79. The van der Waals surface area contributed by atoms with Crippen LogP contribution in [0.4, 0.5) is 11.5 Å². The number of rotatable bonds is 6. The molecule has 0 radical (unpaired) electrons. The van der Waals surface area contributed by atoms with Crippen LogP contribution in [0.5, 0.6) is 0 Å². The van der Waals surface area contributed by atoms with Crippen LogP contribution in [0.15, 0.2) is 30.5 Å². The molecule has 1 atom stereocenters. The zero-order chi connectivity index (χ0) is 18.7. The highest BCUT2D eigenvalue weighted by Gasteiger charge is 2.11. The number of aliphatic hydroxyl groups is 1. The van der Waals surface area contributed by atoms with Gasteiger partial charge >= 0.3 is 0 Å². The molecule has 26 heavy (non-hydrogen) atoms. The summed E-state index contributed by atoms with van der Waals surface area (Å²) >= 11 is 6.22. The molecule has 0 unspecified atom stereocenters. The minimum Gasteiger partial charge on any atom is -0.396 e. The second-order valence-electron chi connectivity index (χ2n) is 6.69. The molecular formula is C20H23ClN4O. The second-order valence-corrected chi connectivity index (χ2v) is 7.10. The summed E-state index contributed by atoms with van der Waals surface area (Å²) < 4.78 is 0. The lowest BCUT2D eigenvalue weighted by Crippen LogP contribution is -2.04. The molecule has 0 saturated carbocycles. The van der Waals surface area contributed by atoms with E-state index in [1.807, 2.05) is 45.2 Å². The molecule has 1 aromatic carbocycles. The maximum Gasteiger partial charge on any atom is 0.160 e. The Morgan fingerprint density at radius 2 is 2.04 bits per heavy atom. The lowest BCUT2D eigenvalue weighted by atomic mass is 10.0. The number of aromatic nitrogens is 3. The molecule has 0 aliphatic rings. The molecule has 0 fully saturated rings. The first-order chi connectivity index (χ1) is 12.5. The van der Waals surface area contributed by atoms with Gasteiger partial charge in [0.15, 0.2) is 5.82 Å². The number of nitrogens with zero attached hydrogens (tertiary/aromatic N) is 3. The van der Waals surface area contributed by atoms with Gasteiger partial charge in [-0.3, -0.25) is 4.98 Å². The van der Waals surface area contributed by atoms with Crippen molar-refractivity contribution in [1.29, 1.82) is 0 Å². The average Bonchev–Trinajstić information content (AvgIpc) is 2.63. The molecule has 0 aliphatic heterocycles. The van der Waals surface area contributed by atoms with Crippen molar-refractivity contribution in [1.82, 2.24) is 15.0 Å². The summed E-state index contributed by atoms with van der Waals surface area (Å²) in [6.45, 7) is 6.08. The third-order valence-corrected chi connectivity index (χ3v) is 4.87. The van der Waals surface area contributed by atoms with E-state index >= 15 is 0 Å². The van der Waals surface area contributed by atoms with Crippen LogP contribution in [-0.2, 0) is 6.42 Å². The molecule has 3 rings (SSSR count). The van der Waals surface area contributed by atoms with Gasteiger partial charge in [-0.05, 0) is 61.9 Å². The third kappa shape index (κ3) is 4.11. The Kier molecular flexibility index (Phi) is 5.69. The van der Waals surface area contributed by atoms with Crippen LogP contribution in [0, 0.1) is 19.8 Å². The Balaban J connectivity index is 1.94. The van der Waals surface area contributed by atoms with E-state index in [4.69, 9.17) is 11.6 Å². The monoisotopic (exact) mass is 370 g/mol. The summed E-state index contributed by atoms with van der Waals surface area (Å²) in [6.07, 6.45) is 3.64.